The number of carbonyl (C=O) groups is 3. The zero-order chi connectivity index (χ0) is 16.9. The molecule has 2 N–H and O–H groups in total. The first-order chi connectivity index (χ1) is 10.9. The van der Waals surface area contributed by atoms with Crippen molar-refractivity contribution in [2.45, 2.75) is 58.3 Å². The van der Waals surface area contributed by atoms with Crippen LogP contribution in [0.25, 0.3) is 0 Å². The van der Waals surface area contributed by atoms with Crippen molar-refractivity contribution in [3.63, 3.8) is 0 Å². The van der Waals surface area contributed by atoms with Gasteiger partial charge >= 0.3 is 5.97 Å². The number of hydrogen-bond acceptors (Lipinski definition) is 3. The second-order valence-corrected chi connectivity index (χ2v) is 7.25. The molecular formula is C17H28N2O4. The summed E-state index contributed by atoms with van der Waals surface area (Å²) >= 11 is 0. The first-order valence-electron chi connectivity index (χ1n) is 8.68. The summed E-state index contributed by atoms with van der Waals surface area (Å²) in [4.78, 5) is 36.9. The van der Waals surface area contributed by atoms with Gasteiger partial charge in [-0.3, -0.25) is 14.4 Å². The number of carboxylic acid groups (broad SMARTS) is 1. The van der Waals surface area contributed by atoms with Gasteiger partial charge in [0.1, 0.15) is 0 Å². The van der Waals surface area contributed by atoms with Crippen LogP contribution in [-0.2, 0) is 14.4 Å². The number of piperidine rings is 1. The number of amides is 2. The third-order valence-corrected chi connectivity index (χ3v) is 5.26. The highest BCUT2D eigenvalue weighted by Crippen LogP contribution is 2.30. The molecule has 0 aromatic rings. The summed E-state index contributed by atoms with van der Waals surface area (Å²) in [5, 5.41) is 12.0. The van der Waals surface area contributed by atoms with Crippen molar-refractivity contribution < 1.29 is 19.5 Å². The first-order valence-corrected chi connectivity index (χ1v) is 8.68. The minimum absolute atomic E-state index is 0.0286. The molecule has 130 valence electrons. The van der Waals surface area contributed by atoms with Crippen molar-refractivity contribution in [1.82, 2.24) is 10.2 Å². The number of nitrogens with one attached hydrogen (secondary N) is 1. The summed E-state index contributed by atoms with van der Waals surface area (Å²) < 4.78 is 0. The highest BCUT2D eigenvalue weighted by atomic mass is 16.4. The van der Waals surface area contributed by atoms with E-state index < -0.39 is 11.4 Å². The summed E-state index contributed by atoms with van der Waals surface area (Å²) in [7, 11) is 0. The Morgan fingerprint density at radius 2 is 1.91 bits per heavy atom. The normalized spacial score (nSPS) is 25.3. The van der Waals surface area contributed by atoms with Crippen LogP contribution in [0, 0.1) is 11.3 Å². The molecule has 2 aliphatic rings. The topological polar surface area (TPSA) is 86.7 Å². The number of carbonyl (C=O) groups excluding carboxylic acids is 2. The molecule has 0 aromatic heterocycles. The van der Waals surface area contributed by atoms with E-state index >= 15 is 0 Å². The molecule has 1 aliphatic carbocycles. The van der Waals surface area contributed by atoms with Gasteiger partial charge in [-0.05, 0) is 32.1 Å². The van der Waals surface area contributed by atoms with Crippen molar-refractivity contribution in [2.75, 3.05) is 19.6 Å². The van der Waals surface area contributed by atoms with Crippen LogP contribution in [0.1, 0.15) is 58.3 Å². The Morgan fingerprint density at radius 3 is 2.57 bits per heavy atom. The molecule has 2 amide bonds. The minimum atomic E-state index is -0.875. The Morgan fingerprint density at radius 1 is 1.22 bits per heavy atom. The van der Waals surface area contributed by atoms with Gasteiger partial charge in [-0.1, -0.05) is 25.7 Å². The number of nitrogens with zero attached hydrogens (tertiary/aromatic N) is 1. The molecule has 1 unspecified atom stereocenters. The zero-order valence-electron chi connectivity index (χ0n) is 14.0. The molecule has 6 heteroatoms. The summed E-state index contributed by atoms with van der Waals surface area (Å²) in [6.07, 6.45) is 7.61. The average molecular weight is 324 g/mol. The Bertz CT molecular complexity index is 460. The fourth-order valence-electron chi connectivity index (χ4n) is 3.64. The minimum Gasteiger partial charge on any atom is -0.481 e. The van der Waals surface area contributed by atoms with Crippen LogP contribution in [0.3, 0.4) is 0 Å². The Kier molecular flexibility index (Phi) is 6.02. The van der Waals surface area contributed by atoms with Crippen molar-refractivity contribution in [1.29, 1.82) is 0 Å². The van der Waals surface area contributed by atoms with Crippen molar-refractivity contribution >= 4 is 17.8 Å². The van der Waals surface area contributed by atoms with E-state index in [1.54, 1.807) is 11.8 Å². The second-order valence-electron chi connectivity index (χ2n) is 7.25. The highest BCUT2D eigenvalue weighted by Gasteiger charge is 2.39. The summed E-state index contributed by atoms with van der Waals surface area (Å²) in [6.45, 7) is 2.44. The number of likely N-dealkylation sites (tertiary alicyclic amines) is 1. The third-order valence-electron chi connectivity index (χ3n) is 5.26. The van der Waals surface area contributed by atoms with Crippen LogP contribution < -0.4 is 5.32 Å². The lowest BCUT2D eigenvalue weighted by Gasteiger charge is -2.37. The number of hydrogen-bond donors (Lipinski definition) is 2. The molecular weight excluding hydrogens is 296 g/mol. The monoisotopic (exact) mass is 324 g/mol. The van der Waals surface area contributed by atoms with Crippen LogP contribution in [0.15, 0.2) is 0 Å². The van der Waals surface area contributed by atoms with E-state index in [2.05, 4.69) is 5.32 Å². The third kappa shape index (κ3) is 4.94. The smallest absolute Gasteiger partial charge is 0.311 e. The quantitative estimate of drug-likeness (QED) is 0.780. The maximum absolute atomic E-state index is 12.2. The lowest BCUT2D eigenvalue weighted by Crippen LogP contribution is -2.50. The summed E-state index contributed by atoms with van der Waals surface area (Å²) in [6, 6.07) is 0. The molecule has 23 heavy (non-hydrogen) atoms. The van der Waals surface area contributed by atoms with Gasteiger partial charge in [-0.15, -0.1) is 0 Å². The van der Waals surface area contributed by atoms with Crippen LogP contribution in [0.5, 0.6) is 0 Å². The van der Waals surface area contributed by atoms with E-state index in [0.717, 1.165) is 6.42 Å². The molecule has 0 aromatic carbocycles. The summed E-state index contributed by atoms with van der Waals surface area (Å²) in [5.74, 6) is -0.472. The van der Waals surface area contributed by atoms with Gasteiger partial charge < -0.3 is 15.3 Å². The Balaban J connectivity index is 1.71. The predicted molar refractivity (Wildman–Crippen MR) is 85.8 cm³/mol. The molecule has 6 nitrogen and oxygen atoms in total. The molecule has 1 saturated carbocycles. The lowest BCUT2D eigenvalue weighted by molar-refractivity contribution is -0.153. The molecule has 2 fully saturated rings. The molecule has 1 saturated heterocycles. The summed E-state index contributed by atoms with van der Waals surface area (Å²) in [5.41, 5.74) is -0.875. The molecule has 0 bridgehead atoms. The SMILES string of the molecule is CC1(C(=O)O)CCCN(C(=O)CNC(=O)CCC2CCCC2)C1. The largest absolute Gasteiger partial charge is 0.481 e. The van der Waals surface area contributed by atoms with Crippen molar-refractivity contribution in [3.8, 4) is 0 Å². The lowest BCUT2D eigenvalue weighted by atomic mass is 9.82. The van der Waals surface area contributed by atoms with Crippen LogP contribution in [0.2, 0.25) is 0 Å². The van der Waals surface area contributed by atoms with Gasteiger partial charge in [0.15, 0.2) is 0 Å². The van der Waals surface area contributed by atoms with Crippen LogP contribution in [-0.4, -0.2) is 47.4 Å². The average Bonchev–Trinajstić information content (AvgIpc) is 3.04. The maximum atomic E-state index is 12.2. The second kappa shape index (κ2) is 7.79. The first kappa shape index (κ1) is 17.8. The van der Waals surface area contributed by atoms with E-state index in [-0.39, 0.29) is 24.9 Å². The molecule has 1 heterocycles. The number of rotatable bonds is 6. The van der Waals surface area contributed by atoms with Gasteiger partial charge in [0.05, 0.1) is 12.0 Å². The van der Waals surface area contributed by atoms with E-state index in [1.165, 1.54) is 25.7 Å². The van der Waals surface area contributed by atoms with E-state index in [9.17, 15) is 19.5 Å². The fraction of sp³-hybridized carbons (Fsp3) is 0.824. The molecule has 0 radical (unpaired) electrons. The van der Waals surface area contributed by atoms with E-state index in [4.69, 9.17) is 0 Å². The van der Waals surface area contributed by atoms with Crippen molar-refractivity contribution in [3.05, 3.63) is 0 Å². The predicted octanol–water partition coefficient (Wildman–Crippen LogP) is 1.79. The van der Waals surface area contributed by atoms with Gasteiger partial charge in [0, 0.05) is 19.5 Å². The zero-order valence-corrected chi connectivity index (χ0v) is 14.0. The van der Waals surface area contributed by atoms with Crippen molar-refractivity contribution in [2.24, 2.45) is 11.3 Å². The number of aliphatic carboxylic acids is 1. The van der Waals surface area contributed by atoms with E-state index in [0.29, 0.717) is 31.7 Å². The molecule has 1 atom stereocenters. The standard InChI is InChI=1S/C17H28N2O4/c1-17(16(22)23)9-4-10-19(12-17)15(21)11-18-14(20)8-7-13-5-2-3-6-13/h13H,2-12H2,1H3,(H,18,20)(H,22,23). The van der Waals surface area contributed by atoms with Gasteiger partial charge in [-0.2, -0.15) is 0 Å². The van der Waals surface area contributed by atoms with E-state index in [1.807, 2.05) is 0 Å². The van der Waals surface area contributed by atoms with Crippen LogP contribution >= 0.6 is 0 Å². The van der Waals surface area contributed by atoms with Crippen LogP contribution in [0.4, 0.5) is 0 Å². The van der Waals surface area contributed by atoms with Gasteiger partial charge in [0.25, 0.3) is 0 Å². The molecule has 1 aliphatic heterocycles. The molecule has 0 spiro atoms. The number of carboxylic acids is 1. The van der Waals surface area contributed by atoms with Gasteiger partial charge in [0.2, 0.25) is 11.8 Å². The van der Waals surface area contributed by atoms with Gasteiger partial charge in [-0.25, -0.2) is 0 Å². The fourth-order valence-corrected chi connectivity index (χ4v) is 3.64. The maximum Gasteiger partial charge on any atom is 0.311 e. The Labute approximate surface area is 137 Å². The highest BCUT2D eigenvalue weighted by molar-refractivity contribution is 5.85. The molecule has 2 rings (SSSR count). The Hall–Kier alpha value is -1.59.